The summed E-state index contributed by atoms with van der Waals surface area (Å²) in [5.74, 6) is 0. The fourth-order valence-electron chi connectivity index (χ4n) is 3.45. The molecule has 122 valence electrons. The van der Waals surface area contributed by atoms with Crippen molar-refractivity contribution < 1.29 is 9.59 Å². The normalized spacial score (nSPS) is 27.7. The molecule has 2 aromatic carbocycles. The van der Waals surface area contributed by atoms with Gasteiger partial charge in [-0.15, -0.1) is 0 Å². The van der Waals surface area contributed by atoms with E-state index in [-0.39, 0.29) is 0 Å². The highest BCUT2D eigenvalue weighted by atomic mass is 16.2. The number of hydrogen-bond acceptors (Lipinski definition) is 4. The molecule has 0 aromatic heterocycles. The minimum Gasteiger partial charge on any atom is -0.399 e. The highest BCUT2D eigenvalue weighted by molar-refractivity contribution is 5.89. The Bertz CT molecular complexity index is 778. The van der Waals surface area contributed by atoms with E-state index in [9.17, 15) is 9.59 Å². The molecule has 2 aromatic rings. The van der Waals surface area contributed by atoms with Gasteiger partial charge in [0.05, 0.1) is 0 Å². The molecule has 0 atom stereocenters. The minimum atomic E-state index is -1.23. The fourth-order valence-corrected chi connectivity index (χ4v) is 3.45. The number of rotatable bonds is 2. The van der Waals surface area contributed by atoms with E-state index in [1.54, 1.807) is 48.5 Å². The zero-order chi connectivity index (χ0) is 16.9. The van der Waals surface area contributed by atoms with E-state index in [4.69, 9.17) is 11.5 Å². The zero-order valence-electron chi connectivity index (χ0n) is 12.6. The second kappa shape index (κ2) is 4.54. The number of carbonyl (C=O) groups excluding carboxylic acids is 2. The second-order valence-corrected chi connectivity index (χ2v) is 5.91. The van der Waals surface area contributed by atoms with E-state index in [0.717, 1.165) is 0 Å². The molecule has 0 saturated carbocycles. The summed E-state index contributed by atoms with van der Waals surface area (Å²) in [7, 11) is 0. The molecule has 8 heteroatoms. The van der Waals surface area contributed by atoms with Gasteiger partial charge in [0.1, 0.15) is 0 Å². The van der Waals surface area contributed by atoms with Crippen LogP contribution in [0.15, 0.2) is 48.5 Å². The minimum absolute atomic E-state index is 0.424. The number of nitrogens with two attached hydrogens (primary N) is 2. The molecule has 0 radical (unpaired) electrons. The van der Waals surface area contributed by atoms with Crippen molar-refractivity contribution in [1.29, 1.82) is 0 Å². The lowest BCUT2D eigenvalue weighted by Crippen LogP contribution is -2.60. The van der Waals surface area contributed by atoms with E-state index in [0.29, 0.717) is 22.5 Å². The number of benzene rings is 2. The lowest BCUT2D eigenvalue weighted by Gasteiger charge is -2.37. The standard InChI is InChI=1S/C16H16N6O2/c17-11-5-1-3-9(7-11)15-16(21-13(23)19-15,22-14(24)20-15)10-4-2-6-12(18)8-10/h1-8H,17-18H2,(H2,19,21,23)(H2,20,22,24). The van der Waals surface area contributed by atoms with Gasteiger partial charge >= 0.3 is 12.1 Å². The van der Waals surface area contributed by atoms with Gasteiger partial charge in [-0.05, 0) is 24.3 Å². The van der Waals surface area contributed by atoms with E-state index in [1.165, 1.54) is 0 Å². The van der Waals surface area contributed by atoms with Crippen LogP contribution in [0.4, 0.5) is 21.0 Å². The Kier molecular flexibility index (Phi) is 2.69. The summed E-state index contributed by atoms with van der Waals surface area (Å²) in [5.41, 5.74) is 11.6. The van der Waals surface area contributed by atoms with Crippen LogP contribution in [-0.4, -0.2) is 12.1 Å². The summed E-state index contributed by atoms with van der Waals surface area (Å²) in [6.07, 6.45) is 0. The Morgan fingerprint density at radius 2 is 1.04 bits per heavy atom. The molecule has 2 aliphatic rings. The first-order chi connectivity index (χ1) is 11.4. The predicted molar refractivity (Wildman–Crippen MR) is 88.4 cm³/mol. The second-order valence-electron chi connectivity index (χ2n) is 5.91. The summed E-state index contributed by atoms with van der Waals surface area (Å²) in [6.45, 7) is 0. The van der Waals surface area contributed by atoms with Crippen molar-refractivity contribution in [2.75, 3.05) is 11.5 Å². The molecule has 2 aliphatic heterocycles. The Hall–Kier alpha value is -3.42. The highest BCUT2D eigenvalue weighted by Crippen LogP contribution is 2.43. The van der Waals surface area contributed by atoms with Crippen molar-refractivity contribution in [2.45, 2.75) is 11.3 Å². The maximum atomic E-state index is 12.2. The number of hydrogen-bond donors (Lipinski definition) is 6. The maximum Gasteiger partial charge on any atom is 0.319 e. The summed E-state index contributed by atoms with van der Waals surface area (Å²) in [4.78, 5) is 24.4. The van der Waals surface area contributed by atoms with E-state index < -0.39 is 23.4 Å². The van der Waals surface area contributed by atoms with Crippen LogP contribution in [0.25, 0.3) is 0 Å². The summed E-state index contributed by atoms with van der Waals surface area (Å²) >= 11 is 0. The number of nitrogens with one attached hydrogen (secondary N) is 4. The first-order valence-corrected chi connectivity index (χ1v) is 7.38. The molecule has 4 rings (SSSR count). The fraction of sp³-hybridized carbons (Fsp3) is 0.125. The van der Waals surface area contributed by atoms with Crippen molar-refractivity contribution in [3.8, 4) is 0 Å². The molecule has 0 aliphatic carbocycles. The van der Waals surface area contributed by atoms with Crippen molar-refractivity contribution in [3.63, 3.8) is 0 Å². The molecule has 8 nitrogen and oxygen atoms in total. The van der Waals surface area contributed by atoms with Gasteiger partial charge in [0.25, 0.3) is 0 Å². The largest absolute Gasteiger partial charge is 0.399 e. The van der Waals surface area contributed by atoms with E-state index in [1.807, 2.05) is 0 Å². The molecule has 2 heterocycles. The molecule has 24 heavy (non-hydrogen) atoms. The van der Waals surface area contributed by atoms with Gasteiger partial charge in [-0.2, -0.15) is 0 Å². The third kappa shape index (κ3) is 1.73. The van der Waals surface area contributed by atoms with Crippen LogP contribution in [0.1, 0.15) is 11.1 Å². The molecule has 2 fully saturated rings. The summed E-state index contributed by atoms with van der Waals surface area (Å²) in [6, 6.07) is 13.1. The Morgan fingerprint density at radius 3 is 1.38 bits per heavy atom. The Labute approximate surface area is 137 Å². The number of fused-ring (bicyclic) bond motifs is 1. The van der Waals surface area contributed by atoms with Crippen LogP contribution in [0.3, 0.4) is 0 Å². The monoisotopic (exact) mass is 324 g/mol. The quantitative estimate of drug-likeness (QED) is 0.448. The van der Waals surface area contributed by atoms with Crippen molar-refractivity contribution >= 4 is 23.4 Å². The van der Waals surface area contributed by atoms with Gasteiger partial charge < -0.3 is 32.7 Å². The average Bonchev–Trinajstić information content (AvgIpc) is 2.95. The van der Waals surface area contributed by atoms with Crippen molar-refractivity contribution in [1.82, 2.24) is 21.3 Å². The lowest BCUT2D eigenvalue weighted by atomic mass is 9.83. The summed E-state index contributed by atoms with van der Waals surface area (Å²) < 4.78 is 0. The summed E-state index contributed by atoms with van der Waals surface area (Å²) in [5, 5.41) is 11.3. The van der Waals surface area contributed by atoms with Crippen LogP contribution in [0, 0.1) is 0 Å². The molecule has 4 amide bonds. The van der Waals surface area contributed by atoms with Gasteiger partial charge in [0.15, 0.2) is 11.3 Å². The molecular formula is C16H16N6O2. The molecule has 0 spiro atoms. The predicted octanol–water partition coefficient (Wildman–Crippen LogP) is 0.482. The molecule has 0 bridgehead atoms. The molecular weight excluding hydrogens is 308 g/mol. The third-order valence-corrected chi connectivity index (χ3v) is 4.41. The third-order valence-electron chi connectivity index (χ3n) is 4.41. The number of carbonyl (C=O) groups is 2. The Morgan fingerprint density at radius 1 is 0.667 bits per heavy atom. The topological polar surface area (TPSA) is 134 Å². The number of nitrogen functional groups attached to an aromatic ring is 2. The van der Waals surface area contributed by atoms with Crippen LogP contribution >= 0.6 is 0 Å². The van der Waals surface area contributed by atoms with Crippen molar-refractivity contribution in [2.24, 2.45) is 0 Å². The molecule has 0 unspecified atom stereocenters. The first kappa shape index (κ1) is 14.2. The van der Waals surface area contributed by atoms with Crippen LogP contribution < -0.4 is 32.7 Å². The van der Waals surface area contributed by atoms with Gasteiger partial charge in [-0.25, -0.2) is 9.59 Å². The Balaban J connectivity index is 1.98. The number of amides is 4. The van der Waals surface area contributed by atoms with Gasteiger partial charge in [-0.1, -0.05) is 24.3 Å². The van der Waals surface area contributed by atoms with Crippen LogP contribution in [-0.2, 0) is 11.3 Å². The van der Waals surface area contributed by atoms with E-state index in [2.05, 4.69) is 21.3 Å². The SMILES string of the molecule is Nc1cccc(C23NC(=O)NC2(c2cccc(N)c2)NC(=O)N3)c1. The van der Waals surface area contributed by atoms with Crippen LogP contribution in [0.5, 0.6) is 0 Å². The van der Waals surface area contributed by atoms with Gasteiger partial charge in [-0.3, -0.25) is 0 Å². The van der Waals surface area contributed by atoms with E-state index >= 15 is 0 Å². The van der Waals surface area contributed by atoms with Crippen LogP contribution in [0.2, 0.25) is 0 Å². The van der Waals surface area contributed by atoms with Gasteiger partial charge in [0.2, 0.25) is 0 Å². The average molecular weight is 324 g/mol. The van der Waals surface area contributed by atoms with Gasteiger partial charge in [0, 0.05) is 22.5 Å². The maximum absolute atomic E-state index is 12.2. The lowest BCUT2D eigenvalue weighted by molar-refractivity contribution is 0.208. The molecule has 8 N–H and O–H groups in total. The first-order valence-electron chi connectivity index (χ1n) is 7.38. The van der Waals surface area contributed by atoms with Crippen molar-refractivity contribution in [3.05, 3.63) is 59.7 Å². The zero-order valence-corrected chi connectivity index (χ0v) is 12.6. The molecule has 2 saturated heterocycles. The smallest absolute Gasteiger partial charge is 0.319 e. The number of urea groups is 2. The number of anilines is 2. The highest BCUT2D eigenvalue weighted by Gasteiger charge is 2.66.